The molecular formula is C19H23N3O5S. The van der Waals surface area contributed by atoms with Crippen molar-refractivity contribution in [3.63, 3.8) is 0 Å². The van der Waals surface area contributed by atoms with Gasteiger partial charge >= 0.3 is 0 Å². The van der Waals surface area contributed by atoms with Gasteiger partial charge in [0.15, 0.2) is 0 Å². The van der Waals surface area contributed by atoms with Gasteiger partial charge in [0.05, 0.1) is 32.4 Å². The minimum absolute atomic E-state index is 0.0316. The van der Waals surface area contributed by atoms with Gasteiger partial charge in [-0.3, -0.25) is 0 Å². The Morgan fingerprint density at radius 2 is 1.68 bits per heavy atom. The first kappa shape index (κ1) is 20.0. The molecule has 0 spiro atoms. The first-order valence-electron chi connectivity index (χ1n) is 8.60. The Kier molecular flexibility index (Phi) is 5.76. The van der Waals surface area contributed by atoms with E-state index in [4.69, 9.17) is 14.2 Å². The molecule has 28 heavy (non-hydrogen) atoms. The summed E-state index contributed by atoms with van der Waals surface area (Å²) in [6.45, 7) is 0.191. The molecule has 0 aliphatic rings. The van der Waals surface area contributed by atoms with Crippen molar-refractivity contribution in [3.05, 3.63) is 42.2 Å². The largest absolute Gasteiger partial charge is 0.497 e. The summed E-state index contributed by atoms with van der Waals surface area (Å²) in [4.78, 5) is 4.61. The van der Waals surface area contributed by atoms with Crippen LogP contribution in [0.2, 0.25) is 0 Å². The van der Waals surface area contributed by atoms with Gasteiger partial charge in [0.25, 0.3) is 0 Å². The number of aryl methyl sites for hydroxylation is 1. The molecule has 0 amide bonds. The van der Waals surface area contributed by atoms with E-state index in [1.807, 2.05) is 29.8 Å². The smallest absolute Gasteiger partial charge is 0.244 e. The minimum Gasteiger partial charge on any atom is -0.497 e. The van der Waals surface area contributed by atoms with E-state index in [0.29, 0.717) is 12.2 Å². The lowest BCUT2D eigenvalue weighted by atomic mass is 10.3. The SMILES string of the molecule is COc1ccc(OC)c(S(=O)(=O)NCCc2nc3cc(OC)ccc3n2C)c1. The maximum atomic E-state index is 12.7. The van der Waals surface area contributed by atoms with E-state index < -0.39 is 10.0 Å². The van der Waals surface area contributed by atoms with Crippen LogP contribution in [0.15, 0.2) is 41.3 Å². The zero-order valence-electron chi connectivity index (χ0n) is 16.2. The fraction of sp³-hybridized carbons (Fsp3) is 0.316. The van der Waals surface area contributed by atoms with E-state index >= 15 is 0 Å². The summed E-state index contributed by atoms with van der Waals surface area (Å²) in [6, 6.07) is 10.3. The summed E-state index contributed by atoms with van der Waals surface area (Å²) in [5.74, 6) is 2.18. The van der Waals surface area contributed by atoms with Crippen LogP contribution in [0.3, 0.4) is 0 Å². The number of nitrogens with zero attached hydrogens (tertiary/aromatic N) is 2. The second-order valence-corrected chi connectivity index (χ2v) is 7.84. The van der Waals surface area contributed by atoms with Crippen LogP contribution >= 0.6 is 0 Å². The predicted octanol–water partition coefficient (Wildman–Crippen LogP) is 2.12. The van der Waals surface area contributed by atoms with E-state index in [0.717, 1.165) is 22.6 Å². The van der Waals surface area contributed by atoms with E-state index in [-0.39, 0.29) is 17.2 Å². The number of fused-ring (bicyclic) bond motifs is 1. The number of rotatable bonds is 8. The van der Waals surface area contributed by atoms with Crippen molar-refractivity contribution in [1.29, 1.82) is 0 Å². The Hall–Kier alpha value is -2.78. The molecule has 3 rings (SSSR count). The van der Waals surface area contributed by atoms with Gasteiger partial charge in [0.2, 0.25) is 10.0 Å². The molecule has 8 nitrogen and oxygen atoms in total. The highest BCUT2D eigenvalue weighted by Crippen LogP contribution is 2.28. The lowest BCUT2D eigenvalue weighted by Crippen LogP contribution is -2.27. The number of hydrogen-bond acceptors (Lipinski definition) is 6. The molecule has 3 aromatic rings. The molecule has 0 saturated heterocycles. The van der Waals surface area contributed by atoms with Crippen molar-refractivity contribution < 1.29 is 22.6 Å². The predicted molar refractivity (Wildman–Crippen MR) is 106 cm³/mol. The van der Waals surface area contributed by atoms with Crippen molar-refractivity contribution in [2.75, 3.05) is 27.9 Å². The molecule has 1 N–H and O–H groups in total. The normalized spacial score (nSPS) is 11.6. The highest BCUT2D eigenvalue weighted by molar-refractivity contribution is 7.89. The number of sulfonamides is 1. The number of nitrogens with one attached hydrogen (secondary N) is 1. The Bertz CT molecular complexity index is 1090. The molecule has 0 bridgehead atoms. The first-order chi connectivity index (χ1) is 13.4. The summed E-state index contributed by atoms with van der Waals surface area (Å²) in [5.41, 5.74) is 1.75. The Morgan fingerprint density at radius 1 is 1.00 bits per heavy atom. The highest BCUT2D eigenvalue weighted by atomic mass is 32.2. The molecule has 0 fully saturated rings. The van der Waals surface area contributed by atoms with E-state index in [2.05, 4.69) is 9.71 Å². The molecule has 0 aliphatic heterocycles. The molecule has 9 heteroatoms. The summed E-state index contributed by atoms with van der Waals surface area (Å²) in [7, 11) is 2.64. The van der Waals surface area contributed by atoms with Gasteiger partial charge in [-0.15, -0.1) is 0 Å². The lowest BCUT2D eigenvalue weighted by molar-refractivity contribution is 0.392. The van der Waals surface area contributed by atoms with E-state index in [9.17, 15) is 8.42 Å². The molecule has 0 unspecified atom stereocenters. The molecule has 0 atom stereocenters. The Labute approximate surface area is 164 Å². The molecule has 0 radical (unpaired) electrons. The van der Waals surface area contributed by atoms with Crippen LogP contribution in [-0.4, -0.2) is 45.8 Å². The van der Waals surface area contributed by atoms with Crippen LogP contribution in [0.25, 0.3) is 11.0 Å². The second kappa shape index (κ2) is 8.07. The van der Waals surface area contributed by atoms with Crippen LogP contribution in [0.5, 0.6) is 17.2 Å². The van der Waals surface area contributed by atoms with Crippen molar-refractivity contribution >= 4 is 21.1 Å². The first-order valence-corrected chi connectivity index (χ1v) is 10.1. The molecular weight excluding hydrogens is 382 g/mol. The second-order valence-electron chi connectivity index (χ2n) is 6.11. The summed E-state index contributed by atoms with van der Waals surface area (Å²) < 4.78 is 45.5. The van der Waals surface area contributed by atoms with Crippen molar-refractivity contribution in [1.82, 2.24) is 14.3 Å². The third kappa shape index (κ3) is 3.90. The quantitative estimate of drug-likeness (QED) is 0.617. The van der Waals surface area contributed by atoms with Gasteiger partial charge < -0.3 is 18.8 Å². The minimum atomic E-state index is -3.77. The number of ether oxygens (including phenoxy) is 3. The van der Waals surface area contributed by atoms with Gasteiger partial charge in [-0.25, -0.2) is 18.1 Å². The van der Waals surface area contributed by atoms with Crippen LogP contribution in [0.4, 0.5) is 0 Å². The topological polar surface area (TPSA) is 91.7 Å². The zero-order valence-corrected chi connectivity index (χ0v) is 17.0. The maximum absolute atomic E-state index is 12.7. The van der Waals surface area contributed by atoms with Crippen LogP contribution in [0, 0.1) is 0 Å². The van der Waals surface area contributed by atoms with Crippen LogP contribution in [-0.2, 0) is 23.5 Å². The highest BCUT2D eigenvalue weighted by Gasteiger charge is 2.20. The maximum Gasteiger partial charge on any atom is 0.244 e. The summed E-state index contributed by atoms with van der Waals surface area (Å²) in [6.07, 6.45) is 0.430. The third-order valence-corrected chi connectivity index (χ3v) is 5.96. The van der Waals surface area contributed by atoms with Crippen molar-refractivity contribution in [2.24, 2.45) is 7.05 Å². The zero-order chi connectivity index (χ0) is 20.3. The fourth-order valence-corrected chi connectivity index (χ4v) is 4.16. The summed E-state index contributed by atoms with van der Waals surface area (Å²) in [5, 5.41) is 0. The van der Waals surface area contributed by atoms with Gasteiger partial charge in [-0.1, -0.05) is 0 Å². The van der Waals surface area contributed by atoms with Crippen LogP contribution < -0.4 is 18.9 Å². The fourth-order valence-electron chi connectivity index (χ4n) is 2.95. The van der Waals surface area contributed by atoms with Crippen LogP contribution in [0.1, 0.15) is 5.82 Å². The lowest BCUT2D eigenvalue weighted by Gasteiger charge is -2.12. The van der Waals surface area contributed by atoms with E-state index in [1.165, 1.54) is 20.3 Å². The Morgan fingerprint density at radius 3 is 2.36 bits per heavy atom. The number of aromatic nitrogens is 2. The van der Waals surface area contributed by atoms with Crippen molar-refractivity contribution in [2.45, 2.75) is 11.3 Å². The number of imidazole rings is 1. The molecule has 1 aromatic heterocycles. The molecule has 0 aliphatic carbocycles. The van der Waals surface area contributed by atoms with Gasteiger partial charge in [-0.2, -0.15) is 0 Å². The molecule has 2 aromatic carbocycles. The molecule has 150 valence electrons. The van der Waals surface area contributed by atoms with Gasteiger partial charge in [-0.05, 0) is 24.3 Å². The average Bonchev–Trinajstić information content (AvgIpc) is 3.02. The molecule has 1 heterocycles. The summed E-state index contributed by atoms with van der Waals surface area (Å²) >= 11 is 0. The number of benzene rings is 2. The third-order valence-electron chi connectivity index (χ3n) is 4.48. The van der Waals surface area contributed by atoms with Gasteiger partial charge in [0, 0.05) is 32.1 Å². The van der Waals surface area contributed by atoms with E-state index in [1.54, 1.807) is 19.2 Å². The van der Waals surface area contributed by atoms with Gasteiger partial charge in [0.1, 0.15) is 28.0 Å². The van der Waals surface area contributed by atoms with Crippen molar-refractivity contribution in [3.8, 4) is 17.2 Å². The number of methoxy groups -OCH3 is 3. The standard InChI is InChI=1S/C19H23N3O5S/c1-22-16-7-5-13(25-2)11-15(16)21-19(22)9-10-20-28(23,24)18-12-14(26-3)6-8-17(18)27-4/h5-8,11-12,20H,9-10H2,1-4H3. The average molecular weight is 405 g/mol. The Balaban J connectivity index is 1.77. The monoisotopic (exact) mass is 405 g/mol. The number of hydrogen-bond donors (Lipinski definition) is 1. The molecule has 0 saturated carbocycles.